The second-order valence-electron chi connectivity index (χ2n) is 9.04. The van der Waals surface area contributed by atoms with E-state index in [-0.39, 0.29) is 24.0 Å². The minimum atomic E-state index is -4.15. The number of carbonyl (C=O) groups excluding carboxylic acids is 2. The highest BCUT2D eigenvalue weighted by atomic mass is 32.2. The molecule has 1 saturated heterocycles. The van der Waals surface area contributed by atoms with Crippen molar-refractivity contribution in [2.24, 2.45) is 4.99 Å². The largest absolute Gasteiger partial charge is 0.389 e. The Hall–Kier alpha value is -3.67. The third kappa shape index (κ3) is 7.00. The fraction of sp³-hybridized carbons (Fsp3) is 0.346. The number of aryl methyl sites for hydroxylation is 1. The summed E-state index contributed by atoms with van der Waals surface area (Å²) >= 11 is 1.21. The molecule has 1 aliphatic rings. The quantitative estimate of drug-likeness (QED) is 0.328. The van der Waals surface area contributed by atoms with Gasteiger partial charge in [-0.15, -0.1) is 0 Å². The van der Waals surface area contributed by atoms with Gasteiger partial charge >= 0.3 is 12.2 Å². The van der Waals surface area contributed by atoms with E-state index < -0.39 is 18.6 Å². The van der Waals surface area contributed by atoms with Crippen molar-refractivity contribution < 1.29 is 22.8 Å². The number of rotatable bonds is 8. The zero-order valence-corrected chi connectivity index (χ0v) is 21.7. The van der Waals surface area contributed by atoms with Gasteiger partial charge in [0.15, 0.2) is 11.0 Å². The molecular weight excluding hydrogens is 517 g/mol. The van der Waals surface area contributed by atoms with E-state index in [9.17, 15) is 22.8 Å². The molecule has 1 N–H and O–H groups in total. The molecular formula is C26H27F3N6O2S. The average Bonchev–Trinajstić information content (AvgIpc) is 3.48. The van der Waals surface area contributed by atoms with Crippen LogP contribution in [0, 0.1) is 0 Å². The number of aromatic nitrogens is 3. The lowest BCUT2D eigenvalue weighted by Gasteiger charge is -2.21. The van der Waals surface area contributed by atoms with Crippen molar-refractivity contribution in [3.8, 4) is 11.4 Å². The zero-order valence-electron chi connectivity index (χ0n) is 20.9. The first-order valence-electron chi connectivity index (χ1n) is 12.1. The minimum absolute atomic E-state index is 0.0337. The number of thioether (sulfide) groups is 1. The number of unbranched alkanes of at least 4 members (excludes halogenated alkanes) is 1. The van der Waals surface area contributed by atoms with E-state index in [4.69, 9.17) is 0 Å². The van der Waals surface area contributed by atoms with Crippen LogP contribution < -0.4 is 10.2 Å². The van der Waals surface area contributed by atoms with Crippen LogP contribution in [-0.4, -0.2) is 43.8 Å². The summed E-state index contributed by atoms with van der Waals surface area (Å²) < 4.78 is 38.4. The number of benzene rings is 2. The number of hydrogen-bond donors (Lipinski definition) is 1. The van der Waals surface area contributed by atoms with E-state index >= 15 is 0 Å². The van der Waals surface area contributed by atoms with Crippen LogP contribution in [0.15, 0.2) is 59.9 Å². The molecule has 1 aromatic heterocycles. The molecule has 2 aromatic carbocycles. The Morgan fingerprint density at radius 1 is 1.13 bits per heavy atom. The summed E-state index contributed by atoms with van der Waals surface area (Å²) in [6.45, 7) is 4.42. The van der Waals surface area contributed by atoms with Crippen molar-refractivity contribution in [1.82, 2.24) is 14.8 Å². The van der Waals surface area contributed by atoms with Crippen LogP contribution >= 0.6 is 11.8 Å². The van der Waals surface area contributed by atoms with Crippen molar-refractivity contribution in [3.63, 3.8) is 0 Å². The molecule has 3 aromatic rings. The van der Waals surface area contributed by atoms with Crippen molar-refractivity contribution in [1.29, 1.82) is 0 Å². The van der Waals surface area contributed by atoms with Gasteiger partial charge in [-0.05, 0) is 54.7 Å². The Morgan fingerprint density at radius 3 is 2.58 bits per heavy atom. The number of aliphatic imine (C=N–C) groups is 1. The number of carbonyl (C=O) groups is 2. The summed E-state index contributed by atoms with van der Waals surface area (Å²) in [6, 6.07) is 13.8. The van der Waals surface area contributed by atoms with Crippen LogP contribution in [0.5, 0.6) is 0 Å². The first kappa shape index (κ1) is 27.4. The van der Waals surface area contributed by atoms with Crippen LogP contribution in [0.25, 0.3) is 11.4 Å². The van der Waals surface area contributed by atoms with E-state index in [1.54, 1.807) is 24.3 Å². The molecule has 4 rings (SSSR count). The highest BCUT2D eigenvalue weighted by Crippen LogP contribution is 2.33. The Kier molecular flexibility index (Phi) is 8.50. The summed E-state index contributed by atoms with van der Waals surface area (Å²) in [5.41, 5.74) is 2.90. The summed E-state index contributed by atoms with van der Waals surface area (Å²) in [4.78, 5) is 35.2. The van der Waals surface area contributed by atoms with E-state index in [1.807, 2.05) is 38.1 Å². The number of hydrogen-bond acceptors (Lipinski definition) is 5. The lowest BCUT2D eigenvalue weighted by Crippen LogP contribution is -2.31. The molecule has 0 atom stereocenters. The van der Waals surface area contributed by atoms with Gasteiger partial charge in [0.1, 0.15) is 6.33 Å². The number of nitrogens with zero attached hydrogens (tertiary/aromatic N) is 5. The van der Waals surface area contributed by atoms with E-state index in [0.717, 1.165) is 11.3 Å². The number of anilines is 2. The Balaban J connectivity index is 1.38. The average molecular weight is 545 g/mol. The SMILES string of the molecule is CC(C)c1ccccc1N1C(=O)CS/C1=N\C(=O)Nc1ccc(-c2ncn(CCCCC(F)(F)F)n2)cc1. The molecule has 38 heavy (non-hydrogen) atoms. The standard InChI is InChI=1S/C26H27F3N6O2S/c1-17(2)20-7-3-4-8-21(20)35-22(36)15-38-25(35)32-24(37)31-19-11-9-18(10-12-19)23-30-16-34(33-23)14-6-5-13-26(27,28)29/h3-4,7-12,16-17H,5-6,13-15H2,1-2H3,(H,31,37)/b32-25-. The van der Waals surface area contributed by atoms with E-state index in [1.165, 1.54) is 27.7 Å². The van der Waals surface area contributed by atoms with Crippen LogP contribution in [0.3, 0.4) is 0 Å². The zero-order chi connectivity index (χ0) is 27.3. The van der Waals surface area contributed by atoms with Gasteiger partial charge in [-0.2, -0.15) is 23.3 Å². The Morgan fingerprint density at radius 2 is 1.87 bits per heavy atom. The molecule has 0 aliphatic carbocycles. The van der Waals surface area contributed by atoms with Crippen molar-refractivity contribution in [2.75, 3.05) is 16.0 Å². The number of para-hydroxylation sites is 1. The number of alkyl halides is 3. The molecule has 0 bridgehead atoms. The first-order chi connectivity index (χ1) is 18.1. The van der Waals surface area contributed by atoms with Gasteiger partial charge in [0.05, 0.1) is 11.4 Å². The van der Waals surface area contributed by atoms with Gasteiger partial charge in [0.25, 0.3) is 0 Å². The molecule has 1 aliphatic heterocycles. The maximum atomic E-state index is 12.7. The number of amidine groups is 1. The summed E-state index contributed by atoms with van der Waals surface area (Å²) in [6.07, 6.45) is -3.10. The summed E-state index contributed by atoms with van der Waals surface area (Å²) in [7, 11) is 0. The lowest BCUT2D eigenvalue weighted by molar-refractivity contribution is -0.135. The topological polar surface area (TPSA) is 92.5 Å². The van der Waals surface area contributed by atoms with Crippen LogP contribution in [-0.2, 0) is 11.3 Å². The normalized spacial score (nSPS) is 15.1. The second kappa shape index (κ2) is 11.8. The summed E-state index contributed by atoms with van der Waals surface area (Å²) in [5, 5.41) is 7.34. The fourth-order valence-electron chi connectivity index (χ4n) is 3.94. The molecule has 8 nitrogen and oxygen atoms in total. The first-order valence-corrected chi connectivity index (χ1v) is 13.1. The van der Waals surface area contributed by atoms with Crippen LogP contribution in [0.1, 0.15) is 44.6 Å². The van der Waals surface area contributed by atoms with Gasteiger partial charge < -0.3 is 5.32 Å². The second-order valence-corrected chi connectivity index (χ2v) is 9.98. The van der Waals surface area contributed by atoms with Crippen LogP contribution in [0.2, 0.25) is 0 Å². The molecule has 200 valence electrons. The van der Waals surface area contributed by atoms with Gasteiger partial charge in [0.2, 0.25) is 5.91 Å². The highest BCUT2D eigenvalue weighted by molar-refractivity contribution is 8.15. The Labute approximate surface area is 222 Å². The third-order valence-corrected chi connectivity index (χ3v) is 6.71. The molecule has 0 spiro atoms. The van der Waals surface area contributed by atoms with Crippen molar-refractivity contribution >= 4 is 40.2 Å². The smallest absolute Gasteiger partial charge is 0.306 e. The minimum Gasteiger partial charge on any atom is -0.306 e. The Bertz CT molecular complexity index is 1320. The molecule has 0 saturated carbocycles. The third-order valence-electron chi connectivity index (χ3n) is 5.79. The maximum absolute atomic E-state index is 12.7. The predicted molar refractivity (Wildman–Crippen MR) is 142 cm³/mol. The maximum Gasteiger partial charge on any atom is 0.389 e. The molecule has 0 unspecified atom stereocenters. The molecule has 12 heteroatoms. The highest BCUT2D eigenvalue weighted by Gasteiger charge is 2.32. The molecule has 2 heterocycles. The van der Waals surface area contributed by atoms with Gasteiger partial charge in [-0.3, -0.25) is 14.4 Å². The molecule has 0 radical (unpaired) electrons. The predicted octanol–water partition coefficient (Wildman–Crippen LogP) is 6.47. The monoisotopic (exact) mass is 544 g/mol. The van der Waals surface area contributed by atoms with Gasteiger partial charge in [-0.25, -0.2) is 9.78 Å². The van der Waals surface area contributed by atoms with Crippen molar-refractivity contribution in [3.05, 3.63) is 60.4 Å². The lowest BCUT2D eigenvalue weighted by atomic mass is 10.0. The molecule has 1 fully saturated rings. The van der Waals surface area contributed by atoms with Gasteiger partial charge in [-0.1, -0.05) is 43.8 Å². The van der Waals surface area contributed by atoms with Crippen LogP contribution in [0.4, 0.5) is 29.3 Å². The van der Waals surface area contributed by atoms with Gasteiger partial charge in [0, 0.05) is 24.2 Å². The number of nitrogens with one attached hydrogen (secondary N) is 1. The van der Waals surface area contributed by atoms with E-state index in [0.29, 0.717) is 35.2 Å². The fourth-order valence-corrected chi connectivity index (χ4v) is 4.79. The number of amides is 3. The van der Waals surface area contributed by atoms with E-state index in [2.05, 4.69) is 20.4 Å². The number of urea groups is 1. The summed E-state index contributed by atoms with van der Waals surface area (Å²) in [5.74, 6) is 0.689. The number of halogens is 3. The van der Waals surface area contributed by atoms with Crippen molar-refractivity contribution in [2.45, 2.75) is 51.7 Å². The molecule has 3 amide bonds.